The lowest BCUT2D eigenvalue weighted by Gasteiger charge is -2.06. The number of benzene rings is 1. The standard InChI is InChI=1S/C13H10F3NO3/c1-2-19-12(18)9-10(8-6-4-3-5-7-8)17-20-11(9)13(14,15)16/h3-7H,2H2,1H3. The SMILES string of the molecule is CCOC(=O)c1c(-c2ccccc2)noc1C(F)(F)F. The molecule has 20 heavy (non-hydrogen) atoms. The van der Waals surface area contributed by atoms with Crippen LogP contribution in [-0.4, -0.2) is 17.7 Å². The van der Waals surface area contributed by atoms with Gasteiger partial charge in [-0.3, -0.25) is 0 Å². The van der Waals surface area contributed by atoms with Crippen LogP contribution in [0.25, 0.3) is 11.3 Å². The lowest BCUT2D eigenvalue weighted by molar-refractivity contribution is -0.156. The summed E-state index contributed by atoms with van der Waals surface area (Å²) in [5.74, 6) is -2.56. The summed E-state index contributed by atoms with van der Waals surface area (Å²) in [6.07, 6.45) is -4.82. The van der Waals surface area contributed by atoms with E-state index in [9.17, 15) is 18.0 Å². The Hall–Kier alpha value is -2.31. The third-order valence-electron chi connectivity index (χ3n) is 2.48. The molecule has 106 valence electrons. The minimum atomic E-state index is -4.82. The van der Waals surface area contributed by atoms with Crippen LogP contribution in [0.3, 0.4) is 0 Å². The van der Waals surface area contributed by atoms with Crippen LogP contribution in [0.4, 0.5) is 13.2 Å². The highest BCUT2D eigenvalue weighted by atomic mass is 19.4. The first-order valence-corrected chi connectivity index (χ1v) is 5.74. The zero-order chi connectivity index (χ0) is 14.8. The number of ether oxygens (including phenoxy) is 1. The van der Waals surface area contributed by atoms with Crippen LogP contribution >= 0.6 is 0 Å². The minimum absolute atomic E-state index is 0.0461. The summed E-state index contributed by atoms with van der Waals surface area (Å²) >= 11 is 0. The third-order valence-corrected chi connectivity index (χ3v) is 2.48. The number of aromatic nitrogens is 1. The van der Waals surface area contributed by atoms with E-state index >= 15 is 0 Å². The van der Waals surface area contributed by atoms with Gasteiger partial charge in [-0.25, -0.2) is 4.79 Å². The first-order chi connectivity index (χ1) is 9.45. The topological polar surface area (TPSA) is 52.3 Å². The van der Waals surface area contributed by atoms with Gasteiger partial charge in [-0.2, -0.15) is 13.2 Å². The number of halogens is 3. The fraction of sp³-hybridized carbons (Fsp3) is 0.231. The Balaban J connectivity index is 2.59. The highest BCUT2D eigenvalue weighted by molar-refractivity contribution is 5.97. The van der Waals surface area contributed by atoms with Crippen molar-refractivity contribution < 1.29 is 27.2 Å². The number of rotatable bonds is 3. The van der Waals surface area contributed by atoms with E-state index in [0.29, 0.717) is 5.56 Å². The zero-order valence-electron chi connectivity index (χ0n) is 10.4. The van der Waals surface area contributed by atoms with E-state index in [-0.39, 0.29) is 12.3 Å². The largest absolute Gasteiger partial charge is 0.462 e. The molecule has 0 atom stereocenters. The molecule has 0 amide bonds. The number of hydrogen-bond donors (Lipinski definition) is 0. The normalized spacial score (nSPS) is 11.4. The summed E-state index contributed by atoms with van der Waals surface area (Å²) in [6, 6.07) is 7.98. The van der Waals surface area contributed by atoms with Gasteiger partial charge in [0.25, 0.3) is 5.76 Å². The van der Waals surface area contributed by atoms with Crippen molar-refractivity contribution in [3.8, 4) is 11.3 Å². The highest BCUT2D eigenvalue weighted by Crippen LogP contribution is 2.37. The number of nitrogens with zero attached hydrogens (tertiary/aromatic N) is 1. The van der Waals surface area contributed by atoms with Crippen molar-refractivity contribution in [2.45, 2.75) is 13.1 Å². The van der Waals surface area contributed by atoms with E-state index in [0.717, 1.165) is 0 Å². The molecule has 0 saturated heterocycles. The minimum Gasteiger partial charge on any atom is -0.462 e. The van der Waals surface area contributed by atoms with E-state index in [2.05, 4.69) is 14.4 Å². The molecule has 0 unspecified atom stereocenters. The second-order valence-electron chi connectivity index (χ2n) is 3.82. The van der Waals surface area contributed by atoms with Gasteiger partial charge < -0.3 is 9.26 Å². The summed E-state index contributed by atoms with van der Waals surface area (Å²) in [6.45, 7) is 1.45. The van der Waals surface area contributed by atoms with Gasteiger partial charge in [0.05, 0.1) is 6.61 Å². The van der Waals surface area contributed by atoms with Crippen molar-refractivity contribution in [2.75, 3.05) is 6.61 Å². The van der Waals surface area contributed by atoms with Crippen molar-refractivity contribution in [3.63, 3.8) is 0 Å². The Morgan fingerprint density at radius 1 is 1.30 bits per heavy atom. The maximum Gasteiger partial charge on any atom is 0.453 e. The molecule has 0 N–H and O–H groups in total. The summed E-state index contributed by atoms with van der Waals surface area (Å²) in [7, 11) is 0. The van der Waals surface area contributed by atoms with Gasteiger partial charge in [-0.15, -0.1) is 0 Å². The van der Waals surface area contributed by atoms with Gasteiger partial charge in [0.2, 0.25) is 0 Å². The van der Waals surface area contributed by atoms with Crippen LogP contribution in [0.15, 0.2) is 34.9 Å². The number of carbonyl (C=O) groups is 1. The molecule has 1 aromatic carbocycles. The maximum absolute atomic E-state index is 12.8. The Bertz CT molecular complexity index is 605. The summed E-state index contributed by atoms with van der Waals surface area (Å²) < 4.78 is 47.5. The molecule has 2 rings (SSSR count). The number of alkyl halides is 3. The summed E-state index contributed by atoms with van der Waals surface area (Å²) in [4.78, 5) is 11.7. The van der Waals surface area contributed by atoms with Gasteiger partial charge in [0, 0.05) is 5.56 Å². The van der Waals surface area contributed by atoms with Crippen LogP contribution in [0.1, 0.15) is 23.0 Å². The van der Waals surface area contributed by atoms with Gasteiger partial charge in [0.1, 0.15) is 11.3 Å². The van der Waals surface area contributed by atoms with Crippen LogP contribution in [0, 0.1) is 0 Å². The molecule has 2 aromatic rings. The molecule has 1 heterocycles. The molecule has 0 aliphatic rings. The quantitative estimate of drug-likeness (QED) is 0.809. The van der Waals surface area contributed by atoms with E-state index in [1.165, 1.54) is 19.1 Å². The molecule has 7 heteroatoms. The van der Waals surface area contributed by atoms with Crippen LogP contribution in [0.2, 0.25) is 0 Å². The lowest BCUT2D eigenvalue weighted by atomic mass is 10.1. The third kappa shape index (κ3) is 2.66. The van der Waals surface area contributed by atoms with Crippen molar-refractivity contribution >= 4 is 5.97 Å². The summed E-state index contributed by atoms with van der Waals surface area (Å²) in [5, 5.41) is 3.36. The fourth-order valence-electron chi connectivity index (χ4n) is 1.67. The number of hydrogen-bond acceptors (Lipinski definition) is 4. The average molecular weight is 285 g/mol. The molecule has 0 aliphatic heterocycles. The molecule has 0 radical (unpaired) electrons. The van der Waals surface area contributed by atoms with Crippen LogP contribution in [-0.2, 0) is 10.9 Å². The van der Waals surface area contributed by atoms with Crippen molar-refractivity contribution in [2.24, 2.45) is 0 Å². The fourth-order valence-corrected chi connectivity index (χ4v) is 1.67. The Labute approximate surface area is 112 Å². The van der Waals surface area contributed by atoms with Crippen molar-refractivity contribution in [1.82, 2.24) is 5.16 Å². The molecule has 0 spiro atoms. The number of esters is 1. The zero-order valence-corrected chi connectivity index (χ0v) is 10.4. The molecular formula is C13H10F3NO3. The molecule has 0 fully saturated rings. The van der Waals surface area contributed by atoms with E-state index < -0.39 is 23.5 Å². The van der Waals surface area contributed by atoms with Crippen LogP contribution < -0.4 is 0 Å². The Morgan fingerprint density at radius 3 is 2.50 bits per heavy atom. The average Bonchev–Trinajstić information content (AvgIpc) is 2.84. The Kier molecular flexibility index (Phi) is 3.78. The van der Waals surface area contributed by atoms with E-state index in [1.807, 2.05) is 0 Å². The number of carbonyl (C=O) groups excluding carboxylic acids is 1. The first-order valence-electron chi connectivity index (χ1n) is 5.74. The predicted molar refractivity (Wildman–Crippen MR) is 62.9 cm³/mol. The second kappa shape index (κ2) is 5.36. The molecule has 0 bridgehead atoms. The van der Waals surface area contributed by atoms with Crippen molar-refractivity contribution in [3.05, 3.63) is 41.7 Å². The molecule has 0 aliphatic carbocycles. The highest BCUT2D eigenvalue weighted by Gasteiger charge is 2.43. The first kappa shape index (κ1) is 14.1. The smallest absolute Gasteiger partial charge is 0.453 e. The van der Waals surface area contributed by atoms with Crippen LogP contribution in [0.5, 0.6) is 0 Å². The van der Waals surface area contributed by atoms with E-state index in [1.54, 1.807) is 18.2 Å². The molecule has 4 nitrogen and oxygen atoms in total. The van der Waals surface area contributed by atoms with Gasteiger partial charge >= 0.3 is 12.1 Å². The maximum atomic E-state index is 12.8. The van der Waals surface area contributed by atoms with Gasteiger partial charge in [0.15, 0.2) is 0 Å². The Morgan fingerprint density at radius 2 is 1.95 bits per heavy atom. The second-order valence-corrected chi connectivity index (χ2v) is 3.82. The summed E-state index contributed by atoms with van der Waals surface area (Å²) in [5.41, 5.74) is -0.545. The molecule has 0 saturated carbocycles. The van der Waals surface area contributed by atoms with Crippen molar-refractivity contribution in [1.29, 1.82) is 0 Å². The van der Waals surface area contributed by atoms with Gasteiger partial charge in [-0.05, 0) is 6.92 Å². The molecule has 1 aromatic heterocycles. The van der Waals surface area contributed by atoms with Gasteiger partial charge in [-0.1, -0.05) is 35.5 Å². The van der Waals surface area contributed by atoms with E-state index in [4.69, 9.17) is 0 Å². The monoisotopic (exact) mass is 285 g/mol. The molecular weight excluding hydrogens is 275 g/mol. The lowest BCUT2D eigenvalue weighted by Crippen LogP contribution is -2.13. The predicted octanol–water partition coefficient (Wildman–Crippen LogP) is 3.54.